The molecule has 1 heterocycles. The normalized spacial score (nSPS) is 20.5. The molecule has 3 nitrogen and oxygen atoms in total. The van der Waals surface area contributed by atoms with Crippen molar-refractivity contribution < 1.29 is 27.1 Å². The Kier molecular flexibility index (Phi) is 5.59. The SMILES string of the molecule is CC(N1CCN(CC(O)c2ccc(F)cc2F)CC1)C(F)(F)F. The highest BCUT2D eigenvalue weighted by molar-refractivity contribution is 5.21. The quantitative estimate of drug-likeness (QED) is 0.855. The number of benzene rings is 1. The monoisotopic (exact) mass is 338 g/mol. The van der Waals surface area contributed by atoms with E-state index in [4.69, 9.17) is 0 Å². The number of hydrogen-bond acceptors (Lipinski definition) is 3. The van der Waals surface area contributed by atoms with Gasteiger partial charge in [-0.1, -0.05) is 6.07 Å². The van der Waals surface area contributed by atoms with E-state index in [9.17, 15) is 27.1 Å². The van der Waals surface area contributed by atoms with E-state index in [1.54, 1.807) is 4.90 Å². The zero-order valence-electron chi connectivity index (χ0n) is 12.7. The van der Waals surface area contributed by atoms with Crippen LogP contribution in [0.5, 0.6) is 0 Å². The summed E-state index contributed by atoms with van der Waals surface area (Å²) in [4.78, 5) is 3.11. The minimum Gasteiger partial charge on any atom is -0.387 e. The summed E-state index contributed by atoms with van der Waals surface area (Å²) in [5.41, 5.74) is -0.0162. The van der Waals surface area contributed by atoms with Crippen LogP contribution in [0.25, 0.3) is 0 Å². The van der Waals surface area contributed by atoms with Crippen molar-refractivity contribution in [3.8, 4) is 0 Å². The molecule has 0 radical (unpaired) electrons. The second-order valence-electron chi connectivity index (χ2n) is 5.74. The van der Waals surface area contributed by atoms with E-state index >= 15 is 0 Å². The summed E-state index contributed by atoms with van der Waals surface area (Å²) in [5, 5.41) is 10.1. The van der Waals surface area contributed by atoms with Crippen LogP contribution in [0.4, 0.5) is 22.0 Å². The lowest BCUT2D eigenvalue weighted by atomic mass is 10.1. The molecule has 1 saturated heterocycles. The molecule has 0 aromatic heterocycles. The van der Waals surface area contributed by atoms with Gasteiger partial charge in [0.05, 0.1) is 6.10 Å². The lowest BCUT2D eigenvalue weighted by molar-refractivity contribution is -0.182. The maximum absolute atomic E-state index is 13.6. The van der Waals surface area contributed by atoms with Crippen molar-refractivity contribution in [2.24, 2.45) is 0 Å². The van der Waals surface area contributed by atoms with Gasteiger partial charge in [0.15, 0.2) is 0 Å². The third kappa shape index (κ3) is 4.62. The molecule has 0 spiro atoms. The smallest absolute Gasteiger partial charge is 0.387 e. The van der Waals surface area contributed by atoms with Gasteiger partial charge in [-0.15, -0.1) is 0 Å². The average Bonchev–Trinajstić information content (AvgIpc) is 2.46. The van der Waals surface area contributed by atoms with Gasteiger partial charge in [0.25, 0.3) is 0 Å². The average molecular weight is 338 g/mol. The largest absolute Gasteiger partial charge is 0.403 e. The Labute approximate surface area is 131 Å². The van der Waals surface area contributed by atoms with Crippen molar-refractivity contribution in [2.75, 3.05) is 32.7 Å². The Balaban J connectivity index is 1.89. The lowest BCUT2D eigenvalue weighted by Gasteiger charge is -2.39. The molecular formula is C15H19F5N2O. The number of aliphatic hydroxyl groups is 1. The zero-order chi connectivity index (χ0) is 17.2. The molecule has 2 rings (SSSR count). The predicted molar refractivity (Wildman–Crippen MR) is 74.8 cm³/mol. The van der Waals surface area contributed by atoms with Gasteiger partial charge in [0.1, 0.15) is 17.7 Å². The number of halogens is 5. The standard InChI is InChI=1S/C15H19F5N2O/c1-10(15(18,19)20)22-6-4-21(5-7-22)9-14(23)12-3-2-11(16)8-13(12)17/h2-3,8,10,14,23H,4-7,9H2,1H3. The number of piperazine rings is 1. The Morgan fingerprint density at radius 3 is 2.26 bits per heavy atom. The van der Waals surface area contributed by atoms with Crippen molar-refractivity contribution >= 4 is 0 Å². The van der Waals surface area contributed by atoms with Crippen molar-refractivity contribution in [3.63, 3.8) is 0 Å². The van der Waals surface area contributed by atoms with Gasteiger partial charge in [-0.05, 0) is 13.0 Å². The number of β-amino-alcohol motifs (C(OH)–C–C–N with tert-alkyl or cyclic N) is 1. The highest BCUT2D eigenvalue weighted by atomic mass is 19.4. The van der Waals surface area contributed by atoms with Crippen molar-refractivity contribution in [2.45, 2.75) is 25.2 Å². The van der Waals surface area contributed by atoms with Crippen molar-refractivity contribution in [1.82, 2.24) is 9.80 Å². The highest BCUT2D eigenvalue weighted by Gasteiger charge is 2.40. The highest BCUT2D eigenvalue weighted by Crippen LogP contribution is 2.26. The summed E-state index contributed by atoms with van der Waals surface area (Å²) < 4.78 is 64.5. The van der Waals surface area contributed by atoms with Crippen LogP contribution in [0, 0.1) is 11.6 Å². The van der Waals surface area contributed by atoms with Crippen LogP contribution in [0.3, 0.4) is 0 Å². The van der Waals surface area contributed by atoms with E-state index in [2.05, 4.69) is 0 Å². The molecule has 2 unspecified atom stereocenters. The Morgan fingerprint density at radius 1 is 1.13 bits per heavy atom. The van der Waals surface area contributed by atoms with E-state index in [1.807, 2.05) is 0 Å². The van der Waals surface area contributed by atoms with Gasteiger partial charge in [0, 0.05) is 44.4 Å². The fraction of sp³-hybridized carbons (Fsp3) is 0.600. The van der Waals surface area contributed by atoms with Gasteiger partial charge in [0.2, 0.25) is 0 Å². The van der Waals surface area contributed by atoms with E-state index in [0.717, 1.165) is 13.0 Å². The number of aliphatic hydroxyl groups excluding tert-OH is 1. The first-order chi connectivity index (χ1) is 10.7. The summed E-state index contributed by atoms with van der Waals surface area (Å²) >= 11 is 0. The van der Waals surface area contributed by atoms with Crippen LogP contribution in [0.15, 0.2) is 18.2 Å². The van der Waals surface area contributed by atoms with E-state index in [1.165, 1.54) is 11.0 Å². The topological polar surface area (TPSA) is 26.7 Å². The minimum absolute atomic E-state index is 0.0162. The minimum atomic E-state index is -4.26. The van der Waals surface area contributed by atoms with E-state index < -0.39 is 30.0 Å². The molecule has 0 saturated carbocycles. The molecule has 1 N–H and O–H groups in total. The second-order valence-corrected chi connectivity index (χ2v) is 5.74. The molecule has 1 fully saturated rings. The molecule has 23 heavy (non-hydrogen) atoms. The number of alkyl halides is 3. The fourth-order valence-corrected chi connectivity index (χ4v) is 2.65. The maximum Gasteiger partial charge on any atom is 0.403 e. The molecule has 1 aliphatic heterocycles. The molecule has 130 valence electrons. The van der Waals surface area contributed by atoms with Gasteiger partial charge < -0.3 is 5.11 Å². The summed E-state index contributed by atoms with van der Waals surface area (Å²) in [7, 11) is 0. The first-order valence-corrected chi connectivity index (χ1v) is 7.34. The third-order valence-corrected chi connectivity index (χ3v) is 4.18. The Morgan fingerprint density at radius 2 is 1.74 bits per heavy atom. The molecule has 2 atom stereocenters. The summed E-state index contributed by atoms with van der Waals surface area (Å²) in [6.45, 7) is 2.36. The third-order valence-electron chi connectivity index (χ3n) is 4.18. The van der Waals surface area contributed by atoms with Gasteiger partial charge >= 0.3 is 6.18 Å². The van der Waals surface area contributed by atoms with Crippen LogP contribution in [0.1, 0.15) is 18.6 Å². The molecule has 1 aromatic rings. The first-order valence-electron chi connectivity index (χ1n) is 7.34. The fourth-order valence-electron chi connectivity index (χ4n) is 2.65. The Hall–Kier alpha value is -1.25. The Bertz CT molecular complexity index is 529. The molecule has 0 bridgehead atoms. The maximum atomic E-state index is 13.6. The number of nitrogens with zero attached hydrogens (tertiary/aromatic N) is 2. The molecule has 8 heteroatoms. The molecule has 0 amide bonds. The van der Waals surface area contributed by atoms with Crippen LogP contribution in [-0.2, 0) is 0 Å². The van der Waals surface area contributed by atoms with Crippen LogP contribution >= 0.6 is 0 Å². The second kappa shape index (κ2) is 7.11. The van der Waals surface area contributed by atoms with E-state index in [0.29, 0.717) is 19.2 Å². The summed E-state index contributed by atoms with van der Waals surface area (Å²) in [6, 6.07) is 1.42. The van der Waals surface area contributed by atoms with Gasteiger partial charge in [-0.3, -0.25) is 9.80 Å². The zero-order valence-corrected chi connectivity index (χ0v) is 12.7. The van der Waals surface area contributed by atoms with Crippen LogP contribution in [0.2, 0.25) is 0 Å². The van der Waals surface area contributed by atoms with Crippen molar-refractivity contribution in [3.05, 3.63) is 35.4 Å². The molecule has 1 aromatic carbocycles. The predicted octanol–water partition coefficient (Wildman–Crippen LogP) is 2.57. The van der Waals surface area contributed by atoms with E-state index in [-0.39, 0.29) is 25.2 Å². The molecule has 0 aliphatic carbocycles. The van der Waals surface area contributed by atoms with Crippen molar-refractivity contribution in [1.29, 1.82) is 0 Å². The van der Waals surface area contributed by atoms with Gasteiger partial charge in [-0.25, -0.2) is 8.78 Å². The van der Waals surface area contributed by atoms with Gasteiger partial charge in [-0.2, -0.15) is 13.2 Å². The molecular weight excluding hydrogens is 319 g/mol. The number of hydrogen-bond donors (Lipinski definition) is 1. The number of rotatable bonds is 4. The van der Waals surface area contributed by atoms with Crippen LogP contribution < -0.4 is 0 Å². The first kappa shape index (κ1) is 18.1. The summed E-state index contributed by atoms with van der Waals surface area (Å²) in [6.07, 6.45) is -5.42. The summed E-state index contributed by atoms with van der Waals surface area (Å²) in [5.74, 6) is -1.56. The van der Waals surface area contributed by atoms with Crippen LogP contribution in [-0.4, -0.2) is 59.8 Å². The lowest BCUT2D eigenvalue weighted by Crippen LogP contribution is -2.54. The molecule has 1 aliphatic rings.